The Balaban J connectivity index is 2.69. The molecule has 1 amide bonds. The number of hydrogen-bond acceptors (Lipinski definition) is 6. The fourth-order valence-electron chi connectivity index (χ4n) is 1.88. The minimum absolute atomic E-state index is 0.00851. The SMILES string of the molecule is CC[C@H](C)[C@H](NC(=O)COc1ccccc1[N+](=O)[O-])C(=O)OC. The molecular weight excluding hydrogens is 304 g/mol. The molecule has 0 saturated carbocycles. The van der Waals surface area contributed by atoms with Gasteiger partial charge in [-0.1, -0.05) is 32.4 Å². The molecule has 0 aliphatic carbocycles. The molecule has 0 radical (unpaired) electrons. The van der Waals surface area contributed by atoms with Gasteiger partial charge in [-0.15, -0.1) is 0 Å². The van der Waals surface area contributed by atoms with Gasteiger partial charge >= 0.3 is 11.7 Å². The average Bonchev–Trinajstić information content (AvgIpc) is 2.56. The van der Waals surface area contributed by atoms with Crippen LogP contribution in [0.25, 0.3) is 0 Å². The van der Waals surface area contributed by atoms with Crippen molar-refractivity contribution in [1.29, 1.82) is 0 Å². The smallest absolute Gasteiger partial charge is 0.328 e. The number of nitro groups is 1. The van der Waals surface area contributed by atoms with Crippen molar-refractivity contribution < 1.29 is 24.0 Å². The fourth-order valence-corrected chi connectivity index (χ4v) is 1.88. The summed E-state index contributed by atoms with van der Waals surface area (Å²) in [7, 11) is 1.24. The van der Waals surface area contributed by atoms with Gasteiger partial charge in [-0.05, 0) is 12.0 Å². The van der Waals surface area contributed by atoms with Gasteiger partial charge in [0.05, 0.1) is 12.0 Å². The van der Waals surface area contributed by atoms with Gasteiger partial charge in [-0.2, -0.15) is 0 Å². The van der Waals surface area contributed by atoms with Gasteiger partial charge in [0.2, 0.25) is 0 Å². The van der Waals surface area contributed by atoms with E-state index >= 15 is 0 Å². The second-order valence-electron chi connectivity index (χ2n) is 4.97. The second kappa shape index (κ2) is 8.72. The number of esters is 1. The molecule has 23 heavy (non-hydrogen) atoms. The molecule has 1 aromatic carbocycles. The maximum atomic E-state index is 11.9. The van der Waals surface area contributed by atoms with Crippen LogP contribution >= 0.6 is 0 Å². The van der Waals surface area contributed by atoms with Gasteiger partial charge in [0, 0.05) is 6.07 Å². The Kier molecular flexibility index (Phi) is 6.98. The number of nitrogens with one attached hydrogen (secondary N) is 1. The first-order chi connectivity index (χ1) is 10.9. The highest BCUT2D eigenvalue weighted by atomic mass is 16.6. The van der Waals surface area contributed by atoms with E-state index in [1.54, 1.807) is 6.07 Å². The number of rotatable bonds is 8. The number of methoxy groups -OCH3 is 1. The molecular formula is C15H20N2O6. The Morgan fingerprint density at radius 3 is 2.57 bits per heavy atom. The van der Waals surface area contributed by atoms with Crippen molar-refractivity contribution in [1.82, 2.24) is 5.32 Å². The van der Waals surface area contributed by atoms with Crippen LogP contribution in [0, 0.1) is 16.0 Å². The lowest BCUT2D eigenvalue weighted by Gasteiger charge is -2.21. The van der Waals surface area contributed by atoms with E-state index in [9.17, 15) is 19.7 Å². The van der Waals surface area contributed by atoms with Crippen LogP contribution < -0.4 is 10.1 Å². The molecule has 126 valence electrons. The molecule has 1 N–H and O–H groups in total. The first-order valence-corrected chi connectivity index (χ1v) is 7.14. The molecule has 0 aliphatic heterocycles. The largest absolute Gasteiger partial charge is 0.477 e. The summed E-state index contributed by atoms with van der Waals surface area (Å²) in [4.78, 5) is 33.9. The number of nitro benzene ring substituents is 1. The first-order valence-electron chi connectivity index (χ1n) is 7.14. The summed E-state index contributed by atoms with van der Waals surface area (Å²) in [5, 5.41) is 13.4. The van der Waals surface area contributed by atoms with Crippen molar-refractivity contribution in [2.24, 2.45) is 5.92 Å². The lowest BCUT2D eigenvalue weighted by molar-refractivity contribution is -0.385. The number of amides is 1. The Morgan fingerprint density at radius 2 is 2.00 bits per heavy atom. The van der Waals surface area contributed by atoms with E-state index in [2.05, 4.69) is 10.1 Å². The molecule has 0 fully saturated rings. The number of carbonyl (C=O) groups is 2. The highest BCUT2D eigenvalue weighted by Gasteiger charge is 2.27. The first kappa shape index (κ1) is 18.4. The molecule has 1 rings (SSSR count). The molecule has 1 aromatic rings. The van der Waals surface area contributed by atoms with E-state index in [1.807, 2.05) is 13.8 Å². The van der Waals surface area contributed by atoms with Crippen LogP contribution in [0.5, 0.6) is 5.75 Å². The number of ether oxygens (including phenoxy) is 2. The molecule has 0 unspecified atom stereocenters. The van der Waals surface area contributed by atoms with Crippen molar-refractivity contribution >= 4 is 17.6 Å². The molecule has 0 spiro atoms. The van der Waals surface area contributed by atoms with Crippen LogP contribution in [0.15, 0.2) is 24.3 Å². The summed E-state index contributed by atoms with van der Waals surface area (Å²) in [5.41, 5.74) is -0.230. The third-order valence-corrected chi connectivity index (χ3v) is 3.41. The normalized spacial score (nSPS) is 12.8. The van der Waals surface area contributed by atoms with E-state index in [-0.39, 0.29) is 17.4 Å². The third kappa shape index (κ3) is 5.24. The number of hydrogen-bond donors (Lipinski definition) is 1. The van der Waals surface area contributed by atoms with E-state index in [0.29, 0.717) is 6.42 Å². The molecule has 0 saturated heterocycles. The van der Waals surface area contributed by atoms with Gasteiger partial charge in [-0.25, -0.2) is 4.79 Å². The highest BCUT2D eigenvalue weighted by Crippen LogP contribution is 2.25. The third-order valence-electron chi connectivity index (χ3n) is 3.41. The average molecular weight is 324 g/mol. The van der Waals surface area contributed by atoms with E-state index in [4.69, 9.17) is 4.74 Å². The molecule has 0 aliphatic rings. The zero-order valence-electron chi connectivity index (χ0n) is 13.3. The molecule has 0 aromatic heterocycles. The van der Waals surface area contributed by atoms with Gasteiger partial charge in [0.1, 0.15) is 6.04 Å². The lowest BCUT2D eigenvalue weighted by atomic mass is 9.99. The number of nitrogens with zero attached hydrogens (tertiary/aromatic N) is 1. The Bertz CT molecular complexity index is 575. The van der Waals surface area contributed by atoms with Gasteiger partial charge < -0.3 is 14.8 Å². The predicted molar refractivity (Wildman–Crippen MR) is 82.0 cm³/mol. The lowest BCUT2D eigenvalue weighted by Crippen LogP contribution is -2.47. The van der Waals surface area contributed by atoms with E-state index in [1.165, 1.54) is 25.3 Å². The number of carbonyl (C=O) groups excluding carboxylic acids is 2. The zero-order valence-corrected chi connectivity index (χ0v) is 13.3. The summed E-state index contributed by atoms with van der Waals surface area (Å²) in [6.07, 6.45) is 0.672. The van der Waals surface area contributed by atoms with Crippen LogP contribution in [0.1, 0.15) is 20.3 Å². The van der Waals surface area contributed by atoms with Gasteiger partial charge in [-0.3, -0.25) is 14.9 Å². The van der Waals surface area contributed by atoms with Gasteiger partial charge in [0.15, 0.2) is 12.4 Å². The van der Waals surface area contributed by atoms with E-state index < -0.39 is 29.4 Å². The maximum Gasteiger partial charge on any atom is 0.328 e. The van der Waals surface area contributed by atoms with Crippen LogP contribution in [0.4, 0.5) is 5.69 Å². The minimum Gasteiger partial charge on any atom is -0.477 e. The topological polar surface area (TPSA) is 108 Å². The number of benzene rings is 1. The molecule has 2 atom stereocenters. The Labute approximate surface area is 133 Å². The summed E-state index contributed by atoms with van der Waals surface area (Å²) in [5.74, 6) is -1.22. The predicted octanol–water partition coefficient (Wildman–Crippen LogP) is 1.68. The fraction of sp³-hybridized carbons (Fsp3) is 0.467. The van der Waals surface area contributed by atoms with Crippen LogP contribution in [-0.2, 0) is 14.3 Å². The van der Waals surface area contributed by atoms with Crippen molar-refractivity contribution in [2.45, 2.75) is 26.3 Å². The van der Waals surface area contributed by atoms with Crippen LogP contribution in [0.3, 0.4) is 0 Å². The van der Waals surface area contributed by atoms with Crippen LogP contribution in [0.2, 0.25) is 0 Å². The molecule has 0 heterocycles. The number of para-hydroxylation sites is 2. The molecule has 8 heteroatoms. The zero-order chi connectivity index (χ0) is 17.4. The highest BCUT2D eigenvalue weighted by molar-refractivity contribution is 5.85. The van der Waals surface area contributed by atoms with Crippen LogP contribution in [-0.4, -0.2) is 36.6 Å². The summed E-state index contributed by atoms with van der Waals surface area (Å²) < 4.78 is 9.85. The standard InChI is InChI=1S/C15H20N2O6/c1-4-10(2)14(15(19)22-3)16-13(18)9-23-12-8-6-5-7-11(12)17(20)21/h5-8,10,14H,4,9H2,1-3H3,(H,16,18)/t10-,14-/m0/s1. The van der Waals surface area contributed by atoms with E-state index in [0.717, 1.165) is 0 Å². The molecule has 8 nitrogen and oxygen atoms in total. The minimum atomic E-state index is -0.785. The van der Waals surface area contributed by atoms with Gasteiger partial charge in [0.25, 0.3) is 5.91 Å². The summed E-state index contributed by atoms with van der Waals surface area (Å²) in [6, 6.07) is 4.96. The van der Waals surface area contributed by atoms with Crippen molar-refractivity contribution in [3.8, 4) is 5.75 Å². The second-order valence-corrected chi connectivity index (χ2v) is 4.97. The summed E-state index contributed by atoms with van der Waals surface area (Å²) in [6.45, 7) is 3.26. The monoisotopic (exact) mass is 324 g/mol. The quantitative estimate of drug-likeness (QED) is 0.443. The Hall–Kier alpha value is -2.64. The van der Waals surface area contributed by atoms with Crippen molar-refractivity contribution in [2.75, 3.05) is 13.7 Å². The summed E-state index contributed by atoms with van der Waals surface area (Å²) >= 11 is 0. The van der Waals surface area contributed by atoms with Crippen molar-refractivity contribution in [3.05, 3.63) is 34.4 Å². The molecule has 0 bridgehead atoms. The maximum absolute atomic E-state index is 11.9. The van der Waals surface area contributed by atoms with Crippen molar-refractivity contribution in [3.63, 3.8) is 0 Å². The Morgan fingerprint density at radius 1 is 1.35 bits per heavy atom.